The SMILES string of the molecule is Cc1ccccc1.Nc1ncc(N)c(N)n1. The van der Waals surface area contributed by atoms with Crippen LogP contribution >= 0.6 is 0 Å². The Morgan fingerprint density at radius 2 is 1.62 bits per heavy atom. The van der Waals surface area contributed by atoms with Crippen LogP contribution in [-0.2, 0) is 0 Å². The van der Waals surface area contributed by atoms with E-state index in [0.717, 1.165) is 0 Å². The summed E-state index contributed by atoms with van der Waals surface area (Å²) in [5.41, 5.74) is 17.4. The van der Waals surface area contributed by atoms with Crippen LogP contribution in [0.25, 0.3) is 0 Å². The molecule has 6 N–H and O–H groups in total. The van der Waals surface area contributed by atoms with Gasteiger partial charge in [-0.1, -0.05) is 35.9 Å². The lowest BCUT2D eigenvalue weighted by Crippen LogP contribution is -2.02. The van der Waals surface area contributed by atoms with Crippen molar-refractivity contribution in [2.75, 3.05) is 17.2 Å². The molecule has 5 nitrogen and oxygen atoms in total. The Hall–Kier alpha value is -2.30. The minimum atomic E-state index is 0.140. The molecular weight excluding hydrogens is 202 g/mol. The summed E-state index contributed by atoms with van der Waals surface area (Å²) in [6, 6.07) is 10.3. The Morgan fingerprint density at radius 1 is 1.00 bits per heavy atom. The molecule has 2 aromatic rings. The van der Waals surface area contributed by atoms with Crippen molar-refractivity contribution < 1.29 is 0 Å². The summed E-state index contributed by atoms with van der Waals surface area (Å²) in [6.45, 7) is 2.08. The Labute approximate surface area is 94.3 Å². The Morgan fingerprint density at radius 3 is 2.00 bits per heavy atom. The fourth-order valence-corrected chi connectivity index (χ4v) is 0.953. The lowest BCUT2D eigenvalue weighted by Gasteiger charge is -1.96. The number of hydrogen-bond acceptors (Lipinski definition) is 5. The van der Waals surface area contributed by atoms with Crippen LogP contribution in [-0.4, -0.2) is 9.97 Å². The van der Waals surface area contributed by atoms with Gasteiger partial charge in [-0.3, -0.25) is 0 Å². The van der Waals surface area contributed by atoms with Gasteiger partial charge in [0.05, 0.1) is 11.9 Å². The molecule has 0 aliphatic heterocycles. The molecule has 0 radical (unpaired) electrons. The van der Waals surface area contributed by atoms with Crippen LogP contribution in [0.4, 0.5) is 17.5 Å². The van der Waals surface area contributed by atoms with Crippen molar-refractivity contribution in [3.63, 3.8) is 0 Å². The van der Waals surface area contributed by atoms with Crippen molar-refractivity contribution in [1.82, 2.24) is 9.97 Å². The van der Waals surface area contributed by atoms with Gasteiger partial charge in [0.1, 0.15) is 0 Å². The van der Waals surface area contributed by atoms with E-state index >= 15 is 0 Å². The average molecular weight is 217 g/mol. The van der Waals surface area contributed by atoms with E-state index in [2.05, 4.69) is 29.0 Å². The van der Waals surface area contributed by atoms with E-state index in [4.69, 9.17) is 17.2 Å². The lowest BCUT2D eigenvalue weighted by atomic mass is 10.2. The summed E-state index contributed by atoms with van der Waals surface area (Å²) in [5.74, 6) is 0.365. The van der Waals surface area contributed by atoms with Gasteiger partial charge in [0, 0.05) is 0 Å². The molecule has 1 aromatic heterocycles. The van der Waals surface area contributed by atoms with E-state index in [1.807, 2.05) is 18.2 Å². The smallest absolute Gasteiger partial charge is 0.222 e. The summed E-state index contributed by atoms with van der Waals surface area (Å²) >= 11 is 0. The van der Waals surface area contributed by atoms with Crippen molar-refractivity contribution in [2.24, 2.45) is 0 Å². The quantitative estimate of drug-likeness (QED) is 0.615. The zero-order valence-electron chi connectivity index (χ0n) is 9.09. The van der Waals surface area contributed by atoms with Gasteiger partial charge < -0.3 is 17.2 Å². The first-order chi connectivity index (χ1) is 7.59. The molecule has 0 aliphatic carbocycles. The Balaban J connectivity index is 0.000000165. The van der Waals surface area contributed by atoms with Gasteiger partial charge in [-0.2, -0.15) is 4.98 Å². The number of hydrogen-bond donors (Lipinski definition) is 3. The Bertz CT molecular complexity index is 441. The first-order valence-electron chi connectivity index (χ1n) is 4.74. The topological polar surface area (TPSA) is 104 Å². The fraction of sp³-hybridized carbons (Fsp3) is 0.0909. The van der Waals surface area contributed by atoms with Crippen LogP contribution in [0.5, 0.6) is 0 Å². The van der Waals surface area contributed by atoms with Gasteiger partial charge in [-0.05, 0) is 6.92 Å². The molecule has 1 heterocycles. The van der Waals surface area contributed by atoms with E-state index in [1.165, 1.54) is 11.8 Å². The standard InChI is InChI=1S/C7H8.C4H7N5/c1-7-5-3-2-4-6-7;5-2-1-8-4(7)9-3(2)6/h2-6H,1H3;1H,5H2,(H4,6,7,8,9). The zero-order valence-corrected chi connectivity index (χ0v) is 9.09. The number of rotatable bonds is 0. The summed E-state index contributed by atoms with van der Waals surface area (Å²) in [6.07, 6.45) is 1.37. The Kier molecular flexibility index (Phi) is 4.08. The highest BCUT2D eigenvalue weighted by atomic mass is 15.0. The maximum atomic E-state index is 5.28. The van der Waals surface area contributed by atoms with E-state index in [0.29, 0.717) is 5.69 Å². The van der Waals surface area contributed by atoms with Crippen LogP contribution in [0.1, 0.15) is 5.56 Å². The summed E-state index contributed by atoms with van der Waals surface area (Å²) in [7, 11) is 0. The van der Waals surface area contributed by atoms with Crippen LogP contribution in [0.15, 0.2) is 36.5 Å². The number of benzene rings is 1. The molecule has 0 spiro atoms. The van der Waals surface area contributed by atoms with Gasteiger partial charge >= 0.3 is 0 Å². The number of nitrogens with two attached hydrogens (primary N) is 3. The fourth-order valence-electron chi connectivity index (χ4n) is 0.953. The van der Waals surface area contributed by atoms with Crippen LogP contribution in [0.3, 0.4) is 0 Å². The van der Waals surface area contributed by atoms with Crippen LogP contribution in [0, 0.1) is 6.92 Å². The normalized spacial score (nSPS) is 9.06. The van der Waals surface area contributed by atoms with Crippen molar-refractivity contribution >= 4 is 17.5 Å². The largest absolute Gasteiger partial charge is 0.394 e. The number of aromatic nitrogens is 2. The van der Waals surface area contributed by atoms with E-state index < -0.39 is 0 Å². The molecule has 84 valence electrons. The third kappa shape index (κ3) is 3.83. The number of aryl methyl sites for hydroxylation is 1. The minimum Gasteiger partial charge on any atom is -0.394 e. The molecule has 5 heteroatoms. The van der Waals surface area contributed by atoms with Gasteiger partial charge in [-0.25, -0.2) is 4.98 Å². The summed E-state index contributed by atoms with van der Waals surface area (Å²) < 4.78 is 0. The van der Waals surface area contributed by atoms with Crippen molar-refractivity contribution in [3.05, 3.63) is 42.1 Å². The molecule has 16 heavy (non-hydrogen) atoms. The molecule has 0 fully saturated rings. The highest BCUT2D eigenvalue weighted by molar-refractivity contribution is 5.57. The number of nitrogen functional groups attached to an aromatic ring is 3. The third-order valence-corrected chi connectivity index (χ3v) is 1.81. The zero-order chi connectivity index (χ0) is 12.0. The second-order valence-corrected chi connectivity index (χ2v) is 3.22. The van der Waals surface area contributed by atoms with Crippen molar-refractivity contribution in [1.29, 1.82) is 0 Å². The summed E-state index contributed by atoms with van der Waals surface area (Å²) in [5, 5.41) is 0. The minimum absolute atomic E-state index is 0.140. The molecule has 0 unspecified atom stereocenters. The molecule has 0 aliphatic rings. The second-order valence-electron chi connectivity index (χ2n) is 3.22. The van der Waals surface area contributed by atoms with Gasteiger partial charge in [0.25, 0.3) is 0 Å². The molecule has 0 saturated heterocycles. The van der Waals surface area contributed by atoms with Crippen molar-refractivity contribution in [3.8, 4) is 0 Å². The average Bonchev–Trinajstić information content (AvgIpc) is 2.26. The van der Waals surface area contributed by atoms with E-state index in [1.54, 1.807) is 0 Å². The number of anilines is 3. The second kappa shape index (κ2) is 5.55. The molecule has 2 rings (SSSR count). The van der Waals surface area contributed by atoms with E-state index in [9.17, 15) is 0 Å². The van der Waals surface area contributed by atoms with Gasteiger partial charge in [0.15, 0.2) is 5.82 Å². The highest BCUT2D eigenvalue weighted by Crippen LogP contribution is 2.08. The van der Waals surface area contributed by atoms with Crippen LogP contribution in [0.2, 0.25) is 0 Å². The molecular formula is C11H15N5. The number of nitrogens with zero attached hydrogens (tertiary/aromatic N) is 2. The molecule has 1 aromatic carbocycles. The van der Waals surface area contributed by atoms with E-state index in [-0.39, 0.29) is 11.8 Å². The third-order valence-electron chi connectivity index (χ3n) is 1.81. The lowest BCUT2D eigenvalue weighted by molar-refractivity contribution is 1.20. The predicted molar refractivity (Wildman–Crippen MR) is 66.4 cm³/mol. The van der Waals surface area contributed by atoms with Gasteiger partial charge in [-0.15, -0.1) is 0 Å². The highest BCUT2D eigenvalue weighted by Gasteiger charge is 1.94. The first kappa shape index (κ1) is 11.8. The van der Waals surface area contributed by atoms with Crippen LogP contribution < -0.4 is 17.2 Å². The monoisotopic (exact) mass is 217 g/mol. The molecule has 0 bridgehead atoms. The summed E-state index contributed by atoms with van der Waals surface area (Å²) in [4.78, 5) is 7.19. The van der Waals surface area contributed by atoms with Gasteiger partial charge in [0.2, 0.25) is 5.95 Å². The first-order valence-corrected chi connectivity index (χ1v) is 4.74. The van der Waals surface area contributed by atoms with Crippen molar-refractivity contribution in [2.45, 2.75) is 6.92 Å². The molecule has 0 saturated carbocycles. The predicted octanol–water partition coefficient (Wildman–Crippen LogP) is 1.22. The molecule has 0 amide bonds. The maximum Gasteiger partial charge on any atom is 0.222 e. The maximum absolute atomic E-state index is 5.28. The molecule has 0 atom stereocenters.